The highest BCUT2D eigenvalue weighted by atomic mass is 32.2. The van der Waals surface area contributed by atoms with E-state index in [9.17, 15) is 9.59 Å². The van der Waals surface area contributed by atoms with Gasteiger partial charge in [-0.3, -0.25) is 9.59 Å². The first-order valence-electron chi connectivity index (χ1n) is 7.99. The lowest BCUT2D eigenvalue weighted by atomic mass is 9.88. The minimum Gasteiger partial charge on any atom is -0.359 e. The lowest BCUT2D eigenvalue weighted by molar-refractivity contribution is -0.125. The summed E-state index contributed by atoms with van der Waals surface area (Å²) < 4.78 is 0. The average molecular weight is 310 g/mol. The van der Waals surface area contributed by atoms with E-state index in [1.54, 1.807) is 25.9 Å². The van der Waals surface area contributed by atoms with Crippen LogP contribution in [0.1, 0.15) is 51.4 Å². The Morgan fingerprint density at radius 3 is 2.43 bits per heavy atom. The minimum atomic E-state index is 0.0597. The first kappa shape index (κ1) is 16.4. The molecule has 2 aliphatic carbocycles. The van der Waals surface area contributed by atoms with Crippen molar-refractivity contribution in [3.8, 4) is 0 Å². The second-order valence-electron chi connectivity index (χ2n) is 5.85. The maximum atomic E-state index is 12.1. The molecule has 2 aliphatic rings. The maximum absolute atomic E-state index is 12.1. The topological polar surface area (TPSA) is 58.2 Å². The fourth-order valence-electron chi connectivity index (χ4n) is 3.30. The number of nitrogens with one attached hydrogen (secondary N) is 2. The van der Waals surface area contributed by atoms with Crippen molar-refractivity contribution in [1.29, 1.82) is 0 Å². The van der Waals surface area contributed by atoms with Crippen LogP contribution in [0, 0.1) is 5.92 Å². The Balaban J connectivity index is 2.14. The molecule has 0 aromatic heterocycles. The molecule has 2 N–H and O–H groups in total. The predicted octanol–water partition coefficient (Wildman–Crippen LogP) is 2.60. The van der Waals surface area contributed by atoms with Crippen LogP contribution in [0.15, 0.2) is 10.5 Å². The summed E-state index contributed by atoms with van der Waals surface area (Å²) in [5, 5.41) is 5.88. The summed E-state index contributed by atoms with van der Waals surface area (Å²) in [6.45, 7) is 0. The first-order chi connectivity index (χ1) is 10.2. The molecule has 2 unspecified atom stereocenters. The number of amides is 2. The van der Waals surface area contributed by atoms with Gasteiger partial charge in [0.05, 0.1) is 5.92 Å². The molecule has 2 amide bonds. The molecule has 0 radical (unpaired) electrons. The van der Waals surface area contributed by atoms with Crippen LogP contribution < -0.4 is 10.6 Å². The summed E-state index contributed by atoms with van der Waals surface area (Å²) in [5.41, 5.74) is 0.954. The standard InChI is InChI=1S/C16H26N2O2S/c1-17-15(19)11-7-3-5-9-13(11)21-14-10-6-4-8-12(14)16(20)18-2/h11,13H,3-10H2,1-2H3,(H,17,19)(H,18,20). The number of hydrogen-bond acceptors (Lipinski definition) is 3. The molecule has 2 rings (SSSR count). The molecule has 0 aliphatic heterocycles. The molecule has 118 valence electrons. The van der Waals surface area contributed by atoms with E-state index in [1.165, 1.54) is 11.3 Å². The van der Waals surface area contributed by atoms with Crippen molar-refractivity contribution < 1.29 is 9.59 Å². The summed E-state index contributed by atoms with van der Waals surface area (Å²) in [4.78, 5) is 25.3. The molecule has 0 heterocycles. The van der Waals surface area contributed by atoms with Crippen LogP contribution in [-0.2, 0) is 9.59 Å². The van der Waals surface area contributed by atoms with Gasteiger partial charge in [-0.2, -0.15) is 0 Å². The van der Waals surface area contributed by atoms with Crippen molar-refractivity contribution in [2.45, 2.75) is 56.6 Å². The molecular formula is C16H26N2O2S. The SMILES string of the molecule is CNC(=O)C1=C(SC2CCCCC2C(=O)NC)CCCC1. The quantitative estimate of drug-likeness (QED) is 0.839. The van der Waals surface area contributed by atoms with E-state index in [0.717, 1.165) is 50.5 Å². The molecule has 0 spiro atoms. The second-order valence-corrected chi connectivity index (χ2v) is 7.18. The third-order valence-corrected chi connectivity index (χ3v) is 6.10. The lowest BCUT2D eigenvalue weighted by Crippen LogP contribution is -2.36. The van der Waals surface area contributed by atoms with Gasteiger partial charge in [0.25, 0.3) is 0 Å². The van der Waals surface area contributed by atoms with Crippen LogP contribution in [0.25, 0.3) is 0 Å². The van der Waals surface area contributed by atoms with Crippen LogP contribution in [0.3, 0.4) is 0 Å². The fraction of sp³-hybridized carbons (Fsp3) is 0.750. The van der Waals surface area contributed by atoms with Crippen LogP contribution in [0.4, 0.5) is 0 Å². The Bertz CT molecular complexity index is 434. The van der Waals surface area contributed by atoms with Gasteiger partial charge in [-0.25, -0.2) is 0 Å². The van der Waals surface area contributed by atoms with Gasteiger partial charge < -0.3 is 10.6 Å². The second kappa shape index (κ2) is 7.87. The van der Waals surface area contributed by atoms with Gasteiger partial charge in [-0.05, 0) is 43.4 Å². The fourth-order valence-corrected chi connectivity index (χ4v) is 4.98. The molecule has 0 saturated heterocycles. The van der Waals surface area contributed by atoms with E-state index in [-0.39, 0.29) is 17.7 Å². The van der Waals surface area contributed by atoms with Crippen LogP contribution in [0.5, 0.6) is 0 Å². The third-order valence-electron chi connectivity index (χ3n) is 4.50. The number of rotatable bonds is 4. The van der Waals surface area contributed by atoms with Gasteiger partial charge in [0, 0.05) is 24.9 Å². The maximum Gasteiger partial charge on any atom is 0.247 e. The number of allylic oxidation sites excluding steroid dienone is 1. The third kappa shape index (κ3) is 4.02. The summed E-state index contributed by atoms with van der Waals surface area (Å²) in [6.07, 6.45) is 8.48. The lowest BCUT2D eigenvalue weighted by Gasteiger charge is -2.31. The zero-order valence-corrected chi connectivity index (χ0v) is 13.9. The Labute approximate surface area is 131 Å². The van der Waals surface area contributed by atoms with Crippen molar-refractivity contribution in [2.24, 2.45) is 5.92 Å². The molecule has 21 heavy (non-hydrogen) atoms. The van der Waals surface area contributed by atoms with E-state index in [2.05, 4.69) is 10.6 Å². The molecule has 1 saturated carbocycles. The van der Waals surface area contributed by atoms with E-state index in [0.29, 0.717) is 5.25 Å². The number of carbonyl (C=O) groups is 2. The highest BCUT2D eigenvalue weighted by Crippen LogP contribution is 2.42. The molecule has 5 heteroatoms. The van der Waals surface area contributed by atoms with E-state index < -0.39 is 0 Å². The van der Waals surface area contributed by atoms with Gasteiger partial charge in [0.15, 0.2) is 0 Å². The van der Waals surface area contributed by atoms with Crippen LogP contribution >= 0.6 is 11.8 Å². The average Bonchev–Trinajstić information content (AvgIpc) is 2.54. The molecule has 4 nitrogen and oxygen atoms in total. The highest BCUT2D eigenvalue weighted by molar-refractivity contribution is 8.03. The summed E-state index contributed by atoms with van der Waals surface area (Å²) in [5.74, 6) is 0.309. The van der Waals surface area contributed by atoms with Crippen molar-refractivity contribution in [2.75, 3.05) is 14.1 Å². The van der Waals surface area contributed by atoms with Gasteiger partial charge >= 0.3 is 0 Å². The summed E-state index contributed by atoms with van der Waals surface area (Å²) in [6, 6.07) is 0. The minimum absolute atomic E-state index is 0.0597. The van der Waals surface area contributed by atoms with E-state index in [1.807, 2.05) is 0 Å². The Kier molecular flexibility index (Phi) is 6.15. The largest absolute Gasteiger partial charge is 0.359 e. The zero-order valence-electron chi connectivity index (χ0n) is 13.0. The monoisotopic (exact) mass is 310 g/mol. The normalized spacial score (nSPS) is 26.4. The van der Waals surface area contributed by atoms with Crippen molar-refractivity contribution in [1.82, 2.24) is 10.6 Å². The molecule has 0 aromatic carbocycles. The van der Waals surface area contributed by atoms with E-state index in [4.69, 9.17) is 0 Å². The highest BCUT2D eigenvalue weighted by Gasteiger charge is 2.32. The molecule has 0 aromatic rings. The summed E-state index contributed by atoms with van der Waals surface area (Å²) >= 11 is 1.80. The molecular weight excluding hydrogens is 284 g/mol. The first-order valence-corrected chi connectivity index (χ1v) is 8.87. The van der Waals surface area contributed by atoms with Crippen molar-refractivity contribution >= 4 is 23.6 Å². The zero-order chi connectivity index (χ0) is 15.2. The predicted molar refractivity (Wildman–Crippen MR) is 87.0 cm³/mol. The number of carbonyl (C=O) groups excluding carboxylic acids is 2. The smallest absolute Gasteiger partial charge is 0.247 e. The van der Waals surface area contributed by atoms with Gasteiger partial charge in [0.2, 0.25) is 11.8 Å². The van der Waals surface area contributed by atoms with E-state index >= 15 is 0 Å². The number of thioether (sulfide) groups is 1. The van der Waals surface area contributed by atoms with Gasteiger partial charge in [-0.15, -0.1) is 11.8 Å². The number of likely N-dealkylation sites (N-methyl/N-ethyl adjacent to an activating group) is 1. The molecule has 0 bridgehead atoms. The summed E-state index contributed by atoms with van der Waals surface area (Å²) in [7, 11) is 3.41. The van der Waals surface area contributed by atoms with Gasteiger partial charge in [-0.1, -0.05) is 12.8 Å². The van der Waals surface area contributed by atoms with Crippen molar-refractivity contribution in [3.05, 3.63) is 10.5 Å². The molecule has 1 fully saturated rings. The Morgan fingerprint density at radius 2 is 1.71 bits per heavy atom. The van der Waals surface area contributed by atoms with Crippen molar-refractivity contribution in [3.63, 3.8) is 0 Å². The van der Waals surface area contributed by atoms with Gasteiger partial charge in [0.1, 0.15) is 0 Å². The van der Waals surface area contributed by atoms with Crippen LogP contribution in [-0.4, -0.2) is 31.2 Å². The Morgan fingerprint density at radius 1 is 1.00 bits per heavy atom. The van der Waals surface area contributed by atoms with Crippen LogP contribution in [0.2, 0.25) is 0 Å². The number of hydrogen-bond donors (Lipinski definition) is 2. The Hall–Kier alpha value is -0.970. The molecule has 2 atom stereocenters.